The van der Waals surface area contributed by atoms with E-state index in [1.54, 1.807) is 13.8 Å². The quantitative estimate of drug-likeness (QED) is 0.193. The van der Waals surface area contributed by atoms with E-state index >= 15 is 0 Å². The van der Waals surface area contributed by atoms with Gasteiger partial charge in [0, 0.05) is 0 Å². The molecule has 84 valence electrons. The van der Waals surface area contributed by atoms with Crippen molar-refractivity contribution in [1.29, 1.82) is 0 Å². The molecule has 0 aliphatic carbocycles. The van der Waals surface area contributed by atoms with E-state index in [1.165, 1.54) is 0 Å². The van der Waals surface area contributed by atoms with E-state index in [0.29, 0.717) is 0 Å². The maximum absolute atomic E-state index is 10.9. The summed E-state index contributed by atoms with van der Waals surface area (Å²) in [6, 6.07) is 0. The van der Waals surface area contributed by atoms with E-state index < -0.39 is 11.0 Å². The van der Waals surface area contributed by atoms with Gasteiger partial charge in [-0.3, -0.25) is 4.79 Å². The minimum Gasteiger partial charge on any atom is -0.464 e. The van der Waals surface area contributed by atoms with Gasteiger partial charge in [-0.2, -0.15) is 5.48 Å². The molecule has 14 heavy (non-hydrogen) atoms. The van der Waals surface area contributed by atoms with Gasteiger partial charge in [-0.05, 0) is 0 Å². The number of carbonyl (C=O) groups excluding carboxylic acids is 1. The van der Waals surface area contributed by atoms with Gasteiger partial charge in [0.05, 0.1) is 12.5 Å². The number of hydrogen-bond acceptors (Lipinski definition) is 7. The molecule has 0 spiro atoms. The minimum absolute atomic E-state index is 0.0794. The first-order valence-corrected chi connectivity index (χ1v) is 5.01. The smallest absolute Gasteiger partial charge is 0.308 e. The van der Waals surface area contributed by atoms with Crippen LogP contribution in [0.3, 0.4) is 0 Å². The first kappa shape index (κ1) is 13.3. The Labute approximate surface area is 83.4 Å². The van der Waals surface area contributed by atoms with Crippen molar-refractivity contribution >= 4 is 17.0 Å². The van der Waals surface area contributed by atoms with Crippen molar-refractivity contribution in [2.24, 2.45) is 5.92 Å². The summed E-state index contributed by atoms with van der Waals surface area (Å²) in [7, 11) is -3.04. The Hall–Kier alpha value is -0.700. The van der Waals surface area contributed by atoms with E-state index in [2.05, 4.69) is 14.8 Å². The van der Waals surface area contributed by atoms with Crippen molar-refractivity contribution in [3.63, 3.8) is 0 Å². The lowest BCUT2D eigenvalue weighted by Crippen LogP contribution is -2.23. The summed E-state index contributed by atoms with van der Waals surface area (Å²) >= 11 is 0. The normalized spacial score (nSPS) is 10.9. The molecule has 0 aromatic rings. The molecule has 7 nitrogen and oxygen atoms in total. The number of thiol groups is 1. The number of hydrogen-bond donors (Lipinski definition) is 2. The highest BCUT2D eigenvalue weighted by Gasteiger charge is 2.06. The van der Waals surface area contributed by atoms with E-state index in [-0.39, 0.29) is 25.0 Å². The number of ether oxygens (including phenoxy) is 1. The molecule has 0 atom stereocenters. The van der Waals surface area contributed by atoms with Gasteiger partial charge in [0.1, 0.15) is 6.61 Å². The van der Waals surface area contributed by atoms with Crippen molar-refractivity contribution in [2.45, 2.75) is 13.8 Å². The van der Waals surface area contributed by atoms with Crippen molar-refractivity contribution < 1.29 is 27.3 Å². The maximum atomic E-state index is 10.9. The summed E-state index contributed by atoms with van der Waals surface area (Å²) in [5.41, 5.74) is 2.13. The Morgan fingerprint density at radius 2 is 2.07 bits per heavy atom. The minimum atomic E-state index is -3.04. The van der Waals surface area contributed by atoms with Crippen LogP contribution in [0.5, 0.6) is 0 Å². The molecule has 1 N–H and O–H groups in total. The molecule has 0 unspecified atom stereocenters. The first-order valence-electron chi connectivity index (χ1n) is 3.91. The van der Waals surface area contributed by atoms with Crippen LogP contribution >= 0.6 is 0 Å². The molecule has 0 heterocycles. The Bertz CT molecular complexity index is 230. The van der Waals surface area contributed by atoms with Crippen LogP contribution in [0.1, 0.15) is 13.8 Å². The third-order valence-corrected chi connectivity index (χ3v) is 1.27. The van der Waals surface area contributed by atoms with Crippen LogP contribution in [0.15, 0.2) is 0 Å². The second kappa shape index (κ2) is 7.68. The Morgan fingerprint density at radius 1 is 1.43 bits per heavy atom. The summed E-state index contributed by atoms with van der Waals surface area (Å²) in [6.07, 6.45) is 0. The third-order valence-electron chi connectivity index (χ3n) is 1.08. The predicted octanol–water partition coefficient (Wildman–Crippen LogP) is -0.835. The Balaban J connectivity index is 3.26. The van der Waals surface area contributed by atoms with Crippen LogP contribution < -0.4 is 5.48 Å². The second-order valence-corrected chi connectivity index (χ2v) is 3.19. The molecular formula is C6H13NO6S. The third kappa shape index (κ3) is 7.92. The molecular weight excluding hydrogens is 214 g/mol. The van der Waals surface area contributed by atoms with Gasteiger partial charge in [0.25, 0.3) is 11.0 Å². The van der Waals surface area contributed by atoms with Gasteiger partial charge >= 0.3 is 5.97 Å². The molecule has 0 saturated carbocycles. The van der Waals surface area contributed by atoms with E-state index in [1.807, 2.05) is 0 Å². The summed E-state index contributed by atoms with van der Waals surface area (Å²) in [6.45, 7) is 3.63. The number of rotatable bonds is 7. The van der Waals surface area contributed by atoms with Crippen molar-refractivity contribution in [2.75, 3.05) is 13.2 Å². The molecule has 8 heteroatoms. The van der Waals surface area contributed by atoms with Crippen LogP contribution in [0.4, 0.5) is 0 Å². The van der Waals surface area contributed by atoms with Crippen molar-refractivity contribution in [3.05, 3.63) is 0 Å². The van der Waals surface area contributed by atoms with Gasteiger partial charge < -0.3 is 4.74 Å². The zero-order valence-corrected chi connectivity index (χ0v) is 8.78. The second-order valence-electron chi connectivity index (χ2n) is 2.60. The highest BCUT2D eigenvalue weighted by molar-refractivity contribution is 7.67. The monoisotopic (exact) mass is 227 g/mol. The van der Waals surface area contributed by atoms with Gasteiger partial charge in [0.2, 0.25) is 0 Å². The van der Waals surface area contributed by atoms with E-state index in [9.17, 15) is 13.2 Å². The molecule has 0 rings (SSSR count). The average molecular weight is 227 g/mol. The number of carbonyl (C=O) groups is 1. The van der Waals surface area contributed by atoms with Crippen LogP contribution in [0.25, 0.3) is 0 Å². The van der Waals surface area contributed by atoms with Gasteiger partial charge in [-0.15, -0.1) is 4.99 Å². The molecule has 0 radical (unpaired) electrons. The van der Waals surface area contributed by atoms with Crippen LogP contribution in [0.2, 0.25) is 0 Å². The van der Waals surface area contributed by atoms with Gasteiger partial charge in [0.15, 0.2) is 0 Å². The zero-order chi connectivity index (χ0) is 11.0. The largest absolute Gasteiger partial charge is 0.464 e. The van der Waals surface area contributed by atoms with Crippen LogP contribution in [-0.4, -0.2) is 27.5 Å². The molecule has 0 aromatic carbocycles. The van der Waals surface area contributed by atoms with Crippen molar-refractivity contribution in [1.82, 2.24) is 5.48 Å². The predicted molar refractivity (Wildman–Crippen MR) is 46.3 cm³/mol. The summed E-state index contributed by atoms with van der Waals surface area (Å²) < 4.78 is 28.0. The molecule has 0 aromatic heterocycles. The molecule has 0 fully saturated rings. The molecule has 0 aliphatic rings. The van der Waals surface area contributed by atoms with Crippen LogP contribution in [0, 0.1) is 5.92 Å². The van der Waals surface area contributed by atoms with E-state index in [4.69, 9.17) is 4.74 Å². The lowest BCUT2D eigenvalue weighted by molar-refractivity contribution is -0.251. The van der Waals surface area contributed by atoms with Crippen LogP contribution in [-0.2, 0) is 29.8 Å². The van der Waals surface area contributed by atoms with Crippen molar-refractivity contribution in [3.8, 4) is 0 Å². The fourth-order valence-electron chi connectivity index (χ4n) is 0.458. The molecule has 0 amide bonds. The fourth-order valence-corrected chi connectivity index (χ4v) is 0.572. The number of nitrogens with one attached hydrogen (secondary N) is 1. The highest BCUT2D eigenvalue weighted by Crippen LogP contribution is 1.94. The molecule has 0 aliphatic heterocycles. The zero-order valence-electron chi connectivity index (χ0n) is 7.89. The maximum Gasteiger partial charge on any atom is 0.308 e. The lowest BCUT2D eigenvalue weighted by atomic mass is 10.2. The van der Waals surface area contributed by atoms with Gasteiger partial charge in [-0.1, -0.05) is 18.2 Å². The first-order chi connectivity index (χ1) is 6.54. The molecule has 0 saturated heterocycles. The standard InChI is InChI=1S/C6H13NO6S/c1-5(2)6(8)11-4-3-7-12-13-14(9)10/h5,7,14H,3-4H2,1-2H3. The Morgan fingerprint density at radius 3 is 2.57 bits per heavy atom. The number of hydroxylamine groups is 1. The highest BCUT2D eigenvalue weighted by atomic mass is 32.2. The Kier molecular flexibility index (Phi) is 7.30. The number of esters is 1. The molecule has 0 bridgehead atoms. The average Bonchev–Trinajstić information content (AvgIpc) is 2.09. The SMILES string of the molecule is CC(C)C(=O)OCCNOO[SH](=O)=O. The fraction of sp³-hybridized carbons (Fsp3) is 0.833. The summed E-state index contributed by atoms with van der Waals surface area (Å²) in [5.74, 6) is -0.522. The lowest BCUT2D eigenvalue weighted by Gasteiger charge is -2.06. The summed E-state index contributed by atoms with van der Waals surface area (Å²) in [5, 5.41) is 0. The van der Waals surface area contributed by atoms with Gasteiger partial charge in [-0.25, -0.2) is 8.42 Å². The van der Waals surface area contributed by atoms with E-state index in [0.717, 1.165) is 0 Å². The summed E-state index contributed by atoms with van der Waals surface area (Å²) in [4.78, 5) is 14.9. The topological polar surface area (TPSA) is 90.9 Å².